The van der Waals surface area contributed by atoms with Gasteiger partial charge in [-0.1, -0.05) is 42.1 Å². The molecule has 2 heterocycles. The van der Waals surface area contributed by atoms with Crippen molar-refractivity contribution in [2.75, 3.05) is 11.1 Å². The van der Waals surface area contributed by atoms with Crippen molar-refractivity contribution >= 4 is 23.5 Å². The second-order valence-corrected chi connectivity index (χ2v) is 6.42. The zero-order valence-corrected chi connectivity index (χ0v) is 14.7. The minimum Gasteiger partial charge on any atom is -0.322 e. The maximum absolute atomic E-state index is 12.1. The van der Waals surface area contributed by atoms with Crippen LogP contribution in [0.1, 0.15) is 5.69 Å². The number of hydrogen-bond donors (Lipinski definition) is 1. The van der Waals surface area contributed by atoms with Gasteiger partial charge < -0.3 is 9.88 Å². The first-order valence-corrected chi connectivity index (χ1v) is 8.53. The molecule has 0 saturated carbocycles. The average Bonchev–Trinajstić information content (AvgIpc) is 3.08. The average molecular weight is 341 g/mol. The molecule has 0 saturated heterocycles. The second kappa shape index (κ2) is 6.92. The molecule has 0 bridgehead atoms. The molecule has 24 heavy (non-hydrogen) atoms. The van der Waals surface area contributed by atoms with Crippen LogP contribution in [-0.4, -0.2) is 31.0 Å². The number of hydrogen-bond acceptors (Lipinski definition) is 4. The summed E-state index contributed by atoms with van der Waals surface area (Å²) in [6, 6.07) is 11.9. The molecule has 0 atom stereocenters. The second-order valence-electron chi connectivity index (χ2n) is 5.48. The Morgan fingerprint density at radius 3 is 2.67 bits per heavy atom. The van der Waals surface area contributed by atoms with Crippen molar-refractivity contribution in [2.24, 2.45) is 14.1 Å². The fourth-order valence-corrected chi connectivity index (χ4v) is 3.19. The van der Waals surface area contributed by atoms with Crippen molar-refractivity contribution < 1.29 is 4.79 Å². The number of thioether (sulfide) groups is 1. The van der Waals surface area contributed by atoms with Gasteiger partial charge in [0.05, 0.1) is 23.3 Å². The smallest absolute Gasteiger partial charge is 0.235 e. The van der Waals surface area contributed by atoms with Crippen LogP contribution in [0.15, 0.2) is 47.8 Å². The summed E-state index contributed by atoms with van der Waals surface area (Å²) in [7, 11) is 3.76. The van der Waals surface area contributed by atoms with Crippen LogP contribution in [0.3, 0.4) is 0 Å². The van der Waals surface area contributed by atoms with Gasteiger partial charge in [-0.15, -0.1) is 0 Å². The Kier molecular flexibility index (Phi) is 4.71. The number of amides is 1. The number of benzene rings is 1. The molecule has 0 aliphatic heterocycles. The lowest BCUT2D eigenvalue weighted by molar-refractivity contribution is -0.113. The van der Waals surface area contributed by atoms with E-state index in [1.165, 1.54) is 11.8 Å². The van der Waals surface area contributed by atoms with Crippen LogP contribution in [-0.2, 0) is 18.9 Å². The Bertz CT molecular complexity index is 853. The largest absolute Gasteiger partial charge is 0.322 e. The molecule has 3 aromatic rings. The fraction of sp³-hybridized carbons (Fsp3) is 0.235. The van der Waals surface area contributed by atoms with Gasteiger partial charge >= 0.3 is 0 Å². The summed E-state index contributed by atoms with van der Waals surface area (Å²) < 4.78 is 3.66. The topological polar surface area (TPSA) is 64.7 Å². The summed E-state index contributed by atoms with van der Waals surface area (Å²) in [5.41, 5.74) is 3.01. The standard InChI is InChI=1S/C17H19N5OS/c1-12-9-15(22(3)20-12)19-16(23)11-24-17-18-10-14(21(17)2)13-7-5-4-6-8-13/h4-10H,11H2,1-3H3,(H,19,23). The SMILES string of the molecule is Cc1cc(NC(=O)CSc2ncc(-c3ccccc3)n2C)n(C)n1. The van der Waals surface area contributed by atoms with Crippen molar-refractivity contribution in [2.45, 2.75) is 12.1 Å². The van der Waals surface area contributed by atoms with Crippen LogP contribution >= 0.6 is 11.8 Å². The molecule has 1 amide bonds. The fourth-order valence-electron chi connectivity index (χ4n) is 2.44. The molecule has 0 fully saturated rings. The first-order chi connectivity index (χ1) is 11.5. The minimum absolute atomic E-state index is 0.0766. The minimum atomic E-state index is -0.0766. The monoisotopic (exact) mass is 341 g/mol. The third-order valence-corrected chi connectivity index (χ3v) is 4.66. The molecule has 1 aromatic carbocycles. The lowest BCUT2D eigenvalue weighted by Gasteiger charge is -2.07. The predicted molar refractivity (Wildman–Crippen MR) is 95.9 cm³/mol. The van der Waals surface area contributed by atoms with Crippen molar-refractivity contribution in [3.63, 3.8) is 0 Å². The molecular formula is C17H19N5OS. The van der Waals surface area contributed by atoms with Gasteiger partial charge in [0.15, 0.2) is 5.16 Å². The van der Waals surface area contributed by atoms with E-state index < -0.39 is 0 Å². The number of nitrogens with zero attached hydrogens (tertiary/aromatic N) is 4. The van der Waals surface area contributed by atoms with Crippen LogP contribution in [0.4, 0.5) is 5.82 Å². The highest BCUT2D eigenvalue weighted by Gasteiger charge is 2.12. The van der Waals surface area contributed by atoms with Crippen molar-refractivity contribution in [1.29, 1.82) is 0 Å². The highest BCUT2D eigenvalue weighted by atomic mass is 32.2. The molecule has 6 nitrogen and oxygen atoms in total. The van der Waals surface area contributed by atoms with E-state index in [0.717, 1.165) is 22.1 Å². The maximum atomic E-state index is 12.1. The number of nitrogens with one attached hydrogen (secondary N) is 1. The van der Waals surface area contributed by atoms with Crippen molar-refractivity contribution in [1.82, 2.24) is 19.3 Å². The van der Waals surface area contributed by atoms with E-state index in [1.807, 2.05) is 61.1 Å². The van der Waals surface area contributed by atoms with E-state index in [-0.39, 0.29) is 5.91 Å². The Labute approximate surface area is 144 Å². The van der Waals surface area contributed by atoms with E-state index >= 15 is 0 Å². The molecule has 3 rings (SSSR count). The van der Waals surface area contributed by atoms with Gasteiger partial charge in [0.1, 0.15) is 5.82 Å². The van der Waals surface area contributed by atoms with Crippen molar-refractivity contribution in [3.05, 3.63) is 48.3 Å². The Balaban J connectivity index is 1.64. The number of carbonyl (C=O) groups is 1. The van der Waals surface area contributed by atoms with E-state index in [9.17, 15) is 4.79 Å². The van der Waals surface area contributed by atoms with Crippen LogP contribution in [0.2, 0.25) is 0 Å². The molecule has 0 spiro atoms. The van der Waals surface area contributed by atoms with E-state index in [1.54, 1.807) is 11.7 Å². The van der Waals surface area contributed by atoms with E-state index in [2.05, 4.69) is 15.4 Å². The molecule has 2 aromatic heterocycles. The van der Waals surface area contributed by atoms with Gasteiger partial charge in [-0.25, -0.2) is 4.98 Å². The maximum Gasteiger partial charge on any atom is 0.235 e. The molecule has 0 unspecified atom stereocenters. The third kappa shape index (κ3) is 3.51. The summed E-state index contributed by atoms with van der Waals surface area (Å²) in [5.74, 6) is 0.915. The summed E-state index contributed by atoms with van der Waals surface area (Å²) in [4.78, 5) is 16.5. The summed E-state index contributed by atoms with van der Waals surface area (Å²) in [5, 5.41) is 7.89. The lowest BCUT2D eigenvalue weighted by atomic mass is 10.2. The summed E-state index contributed by atoms with van der Waals surface area (Å²) >= 11 is 1.41. The molecule has 0 radical (unpaired) electrons. The highest BCUT2D eigenvalue weighted by molar-refractivity contribution is 7.99. The van der Waals surface area contributed by atoms with Gasteiger partial charge in [-0.2, -0.15) is 5.10 Å². The normalized spacial score (nSPS) is 10.8. The first kappa shape index (κ1) is 16.3. The summed E-state index contributed by atoms with van der Waals surface area (Å²) in [6.45, 7) is 1.89. The number of aromatic nitrogens is 4. The van der Waals surface area contributed by atoms with Gasteiger partial charge in [-0.05, 0) is 12.5 Å². The zero-order chi connectivity index (χ0) is 17.1. The van der Waals surface area contributed by atoms with Crippen LogP contribution in [0.5, 0.6) is 0 Å². The zero-order valence-electron chi connectivity index (χ0n) is 13.9. The van der Waals surface area contributed by atoms with Crippen molar-refractivity contribution in [3.8, 4) is 11.3 Å². The molecule has 0 aliphatic rings. The first-order valence-electron chi connectivity index (χ1n) is 7.55. The van der Waals surface area contributed by atoms with Gasteiger partial charge in [0.2, 0.25) is 5.91 Å². The van der Waals surface area contributed by atoms with E-state index in [0.29, 0.717) is 11.6 Å². The Hall–Kier alpha value is -2.54. The van der Waals surface area contributed by atoms with Gasteiger partial charge in [-0.3, -0.25) is 9.48 Å². The molecular weight excluding hydrogens is 322 g/mol. The number of aryl methyl sites for hydroxylation is 2. The number of imidazole rings is 1. The number of anilines is 1. The van der Waals surface area contributed by atoms with Crippen LogP contribution < -0.4 is 5.32 Å². The highest BCUT2D eigenvalue weighted by Crippen LogP contribution is 2.24. The quantitative estimate of drug-likeness (QED) is 0.725. The molecule has 124 valence electrons. The Morgan fingerprint density at radius 1 is 1.25 bits per heavy atom. The third-order valence-electron chi connectivity index (χ3n) is 3.62. The van der Waals surface area contributed by atoms with Crippen LogP contribution in [0.25, 0.3) is 11.3 Å². The van der Waals surface area contributed by atoms with Gasteiger partial charge in [0.25, 0.3) is 0 Å². The lowest BCUT2D eigenvalue weighted by Crippen LogP contribution is -2.16. The number of rotatable bonds is 5. The van der Waals surface area contributed by atoms with E-state index in [4.69, 9.17) is 0 Å². The van der Waals surface area contributed by atoms with Gasteiger partial charge in [0, 0.05) is 20.2 Å². The number of carbonyl (C=O) groups excluding carboxylic acids is 1. The molecule has 0 aliphatic carbocycles. The predicted octanol–water partition coefficient (Wildman–Crippen LogP) is 2.86. The Morgan fingerprint density at radius 2 is 2.00 bits per heavy atom. The van der Waals surface area contributed by atoms with Crippen LogP contribution in [0, 0.1) is 6.92 Å². The molecule has 7 heteroatoms. The molecule has 1 N–H and O–H groups in total. The summed E-state index contributed by atoms with van der Waals surface area (Å²) in [6.07, 6.45) is 1.83.